The smallest absolute Gasteiger partial charge is 0.320 e. The van der Waals surface area contributed by atoms with E-state index in [9.17, 15) is 4.79 Å². The molecule has 0 bridgehead atoms. The van der Waals surface area contributed by atoms with Crippen LogP contribution in [0.25, 0.3) is 0 Å². The van der Waals surface area contributed by atoms with E-state index in [0.717, 1.165) is 44.6 Å². The second-order valence-electron chi connectivity index (χ2n) is 5.58. The molecule has 2 fully saturated rings. The van der Waals surface area contributed by atoms with Crippen LogP contribution >= 0.6 is 23.2 Å². The Kier molecular flexibility index (Phi) is 4.57. The average molecular weight is 328 g/mol. The second-order valence-corrected chi connectivity index (χ2v) is 6.39. The molecule has 2 heterocycles. The van der Waals surface area contributed by atoms with Crippen LogP contribution in [0.5, 0.6) is 0 Å². The SMILES string of the molecule is O=C1N(Cc2c(Cl)cccc2Cl)CCN1C1CCNCC1. The third-order valence-corrected chi connectivity index (χ3v) is 5.00. The van der Waals surface area contributed by atoms with E-state index in [1.807, 2.05) is 28.0 Å². The number of benzene rings is 1. The number of piperidine rings is 1. The first-order chi connectivity index (χ1) is 10.2. The molecule has 114 valence electrons. The molecule has 0 aliphatic carbocycles. The molecule has 2 saturated heterocycles. The topological polar surface area (TPSA) is 35.6 Å². The molecule has 1 N–H and O–H groups in total. The normalized spacial score (nSPS) is 20.4. The molecule has 0 atom stereocenters. The minimum atomic E-state index is 0.109. The summed E-state index contributed by atoms with van der Waals surface area (Å²) in [6.45, 7) is 4.00. The predicted octanol–water partition coefficient (Wildman–Crippen LogP) is 2.98. The van der Waals surface area contributed by atoms with Gasteiger partial charge in [-0.25, -0.2) is 4.79 Å². The van der Waals surface area contributed by atoms with Crippen molar-refractivity contribution in [3.05, 3.63) is 33.8 Å². The lowest BCUT2D eigenvalue weighted by molar-refractivity contribution is 0.165. The van der Waals surface area contributed by atoms with Gasteiger partial charge in [-0.3, -0.25) is 0 Å². The number of amides is 2. The first kappa shape index (κ1) is 14.9. The zero-order valence-electron chi connectivity index (χ0n) is 11.8. The summed E-state index contributed by atoms with van der Waals surface area (Å²) >= 11 is 12.4. The van der Waals surface area contributed by atoms with Gasteiger partial charge in [0.1, 0.15) is 0 Å². The maximum atomic E-state index is 12.6. The highest BCUT2D eigenvalue weighted by Gasteiger charge is 2.34. The highest BCUT2D eigenvalue weighted by atomic mass is 35.5. The Labute approximate surface area is 135 Å². The zero-order chi connectivity index (χ0) is 14.8. The standard InChI is InChI=1S/C15H19Cl2N3O/c16-13-2-1-3-14(17)12(13)10-19-8-9-20(15(19)21)11-4-6-18-7-5-11/h1-3,11,18H,4-10H2. The lowest BCUT2D eigenvalue weighted by Crippen LogP contribution is -2.45. The van der Waals surface area contributed by atoms with Crippen molar-refractivity contribution in [1.29, 1.82) is 0 Å². The summed E-state index contributed by atoms with van der Waals surface area (Å²) in [5.41, 5.74) is 0.835. The fraction of sp³-hybridized carbons (Fsp3) is 0.533. The van der Waals surface area contributed by atoms with Gasteiger partial charge in [-0.2, -0.15) is 0 Å². The van der Waals surface area contributed by atoms with Crippen LogP contribution in [0.4, 0.5) is 4.79 Å². The molecular weight excluding hydrogens is 309 g/mol. The molecule has 2 amide bonds. The van der Waals surface area contributed by atoms with Crippen LogP contribution in [0.3, 0.4) is 0 Å². The van der Waals surface area contributed by atoms with E-state index in [2.05, 4.69) is 5.32 Å². The Morgan fingerprint density at radius 2 is 1.81 bits per heavy atom. The average Bonchev–Trinajstić information content (AvgIpc) is 2.85. The number of carbonyl (C=O) groups excluding carboxylic acids is 1. The van der Waals surface area contributed by atoms with Gasteiger partial charge in [0.2, 0.25) is 0 Å². The number of nitrogens with one attached hydrogen (secondary N) is 1. The maximum absolute atomic E-state index is 12.6. The summed E-state index contributed by atoms with van der Waals surface area (Å²) in [5, 5.41) is 4.57. The molecule has 0 spiro atoms. The Hall–Kier alpha value is -0.970. The summed E-state index contributed by atoms with van der Waals surface area (Å²) in [6.07, 6.45) is 2.07. The molecule has 1 aromatic carbocycles. The Morgan fingerprint density at radius 1 is 1.14 bits per heavy atom. The molecule has 3 rings (SSSR count). The van der Waals surface area contributed by atoms with Crippen LogP contribution in [-0.4, -0.2) is 48.1 Å². The van der Waals surface area contributed by atoms with Gasteiger partial charge >= 0.3 is 6.03 Å². The minimum absolute atomic E-state index is 0.109. The van der Waals surface area contributed by atoms with Gasteiger partial charge in [0.05, 0.1) is 6.54 Å². The molecule has 2 aliphatic heterocycles. The lowest BCUT2D eigenvalue weighted by Gasteiger charge is -2.31. The van der Waals surface area contributed by atoms with E-state index < -0.39 is 0 Å². The van der Waals surface area contributed by atoms with Crippen molar-refractivity contribution < 1.29 is 4.79 Å². The van der Waals surface area contributed by atoms with E-state index >= 15 is 0 Å². The third kappa shape index (κ3) is 3.12. The molecule has 0 unspecified atom stereocenters. The van der Waals surface area contributed by atoms with Crippen LogP contribution in [0.2, 0.25) is 10.0 Å². The maximum Gasteiger partial charge on any atom is 0.320 e. The largest absolute Gasteiger partial charge is 0.320 e. The lowest BCUT2D eigenvalue weighted by atomic mass is 10.1. The molecule has 4 nitrogen and oxygen atoms in total. The molecule has 6 heteroatoms. The van der Waals surface area contributed by atoms with Crippen molar-refractivity contribution in [3.63, 3.8) is 0 Å². The Morgan fingerprint density at radius 3 is 2.48 bits per heavy atom. The van der Waals surface area contributed by atoms with Crippen LogP contribution in [0, 0.1) is 0 Å². The number of hydrogen-bond donors (Lipinski definition) is 1. The summed E-state index contributed by atoms with van der Waals surface area (Å²) in [7, 11) is 0. The molecule has 2 aliphatic rings. The summed E-state index contributed by atoms with van der Waals surface area (Å²) < 4.78 is 0. The minimum Gasteiger partial charge on any atom is -0.320 e. The Bertz CT molecular complexity index is 511. The Balaban J connectivity index is 1.69. The van der Waals surface area contributed by atoms with Crippen molar-refractivity contribution in [2.24, 2.45) is 0 Å². The molecular formula is C15H19Cl2N3O. The highest BCUT2D eigenvalue weighted by Crippen LogP contribution is 2.28. The summed E-state index contributed by atoms with van der Waals surface area (Å²) in [4.78, 5) is 16.4. The molecule has 0 saturated carbocycles. The number of hydrogen-bond acceptors (Lipinski definition) is 2. The number of rotatable bonds is 3. The van der Waals surface area contributed by atoms with Crippen molar-refractivity contribution in [2.45, 2.75) is 25.4 Å². The van der Waals surface area contributed by atoms with E-state index in [1.54, 1.807) is 0 Å². The van der Waals surface area contributed by atoms with Crippen molar-refractivity contribution in [2.75, 3.05) is 26.2 Å². The number of halogens is 2. The van der Waals surface area contributed by atoms with Crippen molar-refractivity contribution in [1.82, 2.24) is 15.1 Å². The quantitative estimate of drug-likeness (QED) is 0.926. The fourth-order valence-corrected chi connectivity index (χ4v) is 3.60. The fourth-order valence-electron chi connectivity index (χ4n) is 3.08. The molecule has 0 radical (unpaired) electrons. The zero-order valence-corrected chi connectivity index (χ0v) is 13.3. The molecule has 21 heavy (non-hydrogen) atoms. The van der Waals surface area contributed by atoms with Crippen molar-refractivity contribution >= 4 is 29.2 Å². The van der Waals surface area contributed by atoms with Gasteiger partial charge in [-0.1, -0.05) is 29.3 Å². The van der Waals surface area contributed by atoms with Crippen LogP contribution < -0.4 is 5.32 Å². The second kappa shape index (κ2) is 6.42. The third-order valence-electron chi connectivity index (χ3n) is 4.29. The van der Waals surface area contributed by atoms with Gasteiger partial charge in [0.25, 0.3) is 0 Å². The van der Waals surface area contributed by atoms with Crippen LogP contribution in [0.15, 0.2) is 18.2 Å². The van der Waals surface area contributed by atoms with Gasteiger partial charge in [0.15, 0.2) is 0 Å². The van der Waals surface area contributed by atoms with Gasteiger partial charge in [-0.15, -0.1) is 0 Å². The number of carbonyl (C=O) groups is 1. The molecule has 1 aromatic rings. The first-order valence-electron chi connectivity index (χ1n) is 7.36. The van der Waals surface area contributed by atoms with Crippen LogP contribution in [-0.2, 0) is 6.54 Å². The summed E-state index contributed by atoms with van der Waals surface area (Å²) in [5.74, 6) is 0. The predicted molar refractivity (Wildman–Crippen MR) is 84.9 cm³/mol. The highest BCUT2D eigenvalue weighted by molar-refractivity contribution is 6.36. The van der Waals surface area contributed by atoms with Crippen molar-refractivity contribution in [3.8, 4) is 0 Å². The van der Waals surface area contributed by atoms with E-state index in [4.69, 9.17) is 23.2 Å². The van der Waals surface area contributed by atoms with Gasteiger partial charge in [0, 0.05) is 34.7 Å². The number of nitrogens with zero attached hydrogens (tertiary/aromatic N) is 2. The van der Waals surface area contributed by atoms with Gasteiger partial charge in [-0.05, 0) is 38.1 Å². The first-order valence-corrected chi connectivity index (χ1v) is 8.11. The van der Waals surface area contributed by atoms with E-state index in [0.29, 0.717) is 22.6 Å². The van der Waals surface area contributed by atoms with E-state index in [-0.39, 0.29) is 6.03 Å². The van der Waals surface area contributed by atoms with Crippen LogP contribution in [0.1, 0.15) is 18.4 Å². The monoisotopic (exact) mass is 327 g/mol. The van der Waals surface area contributed by atoms with E-state index in [1.165, 1.54) is 0 Å². The van der Waals surface area contributed by atoms with Gasteiger partial charge < -0.3 is 15.1 Å². The molecule has 0 aromatic heterocycles. The number of urea groups is 1. The summed E-state index contributed by atoms with van der Waals surface area (Å²) in [6, 6.07) is 5.92.